The van der Waals surface area contributed by atoms with Crippen molar-refractivity contribution in [3.63, 3.8) is 0 Å². The van der Waals surface area contributed by atoms with E-state index < -0.39 is 23.0 Å². The van der Waals surface area contributed by atoms with Gasteiger partial charge in [-0.05, 0) is 43.5 Å². The number of fused-ring (bicyclic) bond motifs is 1. The van der Waals surface area contributed by atoms with Crippen molar-refractivity contribution < 1.29 is 20.4 Å². The number of hydrogen-bond acceptors (Lipinski definition) is 5. The third-order valence-electron chi connectivity index (χ3n) is 4.04. The average Bonchev–Trinajstić information content (AvgIpc) is 2.51. The third-order valence-corrected chi connectivity index (χ3v) is 4.04. The van der Waals surface area contributed by atoms with Crippen LogP contribution in [-0.4, -0.2) is 33.5 Å². The minimum atomic E-state index is -0.690. The monoisotopic (exact) mass is 275 g/mol. The molecule has 5 heteroatoms. The molecule has 106 valence electrons. The quantitative estimate of drug-likeness (QED) is 0.406. The van der Waals surface area contributed by atoms with E-state index in [1.165, 1.54) is 0 Å². The molecule has 3 rings (SSSR count). The van der Waals surface area contributed by atoms with Gasteiger partial charge in [-0.15, -0.1) is 0 Å². The molecule has 5 N–H and O–H groups in total. The summed E-state index contributed by atoms with van der Waals surface area (Å²) in [6.45, 7) is 1.92. The first kappa shape index (κ1) is 12.9. The van der Waals surface area contributed by atoms with E-state index in [0.717, 1.165) is 31.5 Å². The largest absolute Gasteiger partial charge is 0.504 e. The van der Waals surface area contributed by atoms with Gasteiger partial charge in [-0.25, -0.2) is 0 Å². The van der Waals surface area contributed by atoms with Gasteiger partial charge in [0.05, 0.1) is 0 Å². The fourth-order valence-electron chi connectivity index (χ4n) is 2.85. The van der Waals surface area contributed by atoms with Crippen molar-refractivity contribution in [3.05, 3.63) is 23.8 Å². The summed E-state index contributed by atoms with van der Waals surface area (Å²) in [7, 11) is 0. The summed E-state index contributed by atoms with van der Waals surface area (Å²) in [6, 6.07) is 5.34. The van der Waals surface area contributed by atoms with E-state index in [9.17, 15) is 20.4 Å². The van der Waals surface area contributed by atoms with Crippen LogP contribution in [0.4, 0.5) is 0 Å². The maximum Gasteiger partial charge on any atom is 0.204 e. The van der Waals surface area contributed by atoms with E-state index in [1.807, 2.05) is 6.07 Å². The molecule has 2 aromatic carbocycles. The molecule has 20 heavy (non-hydrogen) atoms. The summed E-state index contributed by atoms with van der Waals surface area (Å²) in [5.41, 5.74) is 1.07. The van der Waals surface area contributed by atoms with Crippen molar-refractivity contribution in [1.29, 1.82) is 0 Å². The molecule has 0 unspecified atom stereocenters. The zero-order valence-corrected chi connectivity index (χ0v) is 10.9. The van der Waals surface area contributed by atoms with Gasteiger partial charge >= 0.3 is 0 Å². The highest BCUT2D eigenvalue weighted by molar-refractivity contribution is 5.98. The van der Waals surface area contributed by atoms with Crippen molar-refractivity contribution in [2.24, 2.45) is 0 Å². The second-order valence-corrected chi connectivity index (χ2v) is 5.22. The molecule has 0 aliphatic carbocycles. The van der Waals surface area contributed by atoms with Crippen LogP contribution in [0, 0.1) is 0 Å². The second kappa shape index (κ2) is 4.76. The minimum absolute atomic E-state index is 0.329. The van der Waals surface area contributed by atoms with Crippen LogP contribution < -0.4 is 5.32 Å². The molecule has 0 spiro atoms. The van der Waals surface area contributed by atoms with Crippen LogP contribution in [0.15, 0.2) is 18.2 Å². The van der Waals surface area contributed by atoms with Crippen LogP contribution in [0.25, 0.3) is 10.8 Å². The van der Waals surface area contributed by atoms with Gasteiger partial charge < -0.3 is 25.7 Å². The van der Waals surface area contributed by atoms with Crippen molar-refractivity contribution in [2.75, 3.05) is 13.1 Å². The first-order valence-corrected chi connectivity index (χ1v) is 6.69. The molecule has 0 bridgehead atoms. The number of hydrogen-bond donors (Lipinski definition) is 5. The van der Waals surface area contributed by atoms with Gasteiger partial charge in [0.1, 0.15) is 0 Å². The number of nitrogens with one attached hydrogen (secondary N) is 1. The number of rotatable bonds is 1. The molecule has 1 heterocycles. The molecule has 1 saturated heterocycles. The fraction of sp³-hybridized carbons (Fsp3) is 0.333. The highest BCUT2D eigenvalue weighted by Crippen LogP contribution is 2.49. The van der Waals surface area contributed by atoms with Crippen LogP contribution in [0.5, 0.6) is 23.0 Å². The van der Waals surface area contributed by atoms with Crippen LogP contribution in [0.2, 0.25) is 0 Å². The Kier molecular flexibility index (Phi) is 3.06. The number of phenolic OH excluding ortho intramolecular Hbond substituents is 4. The van der Waals surface area contributed by atoms with Crippen molar-refractivity contribution in [1.82, 2.24) is 5.32 Å². The van der Waals surface area contributed by atoms with E-state index in [1.54, 1.807) is 12.1 Å². The fourth-order valence-corrected chi connectivity index (χ4v) is 2.85. The van der Waals surface area contributed by atoms with Gasteiger partial charge in [0.25, 0.3) is 0 Å². The summed E-state index contributed by atoms with van der Waals surface area (Å²) >= 11 is 0. The summed E-state index contributed by atoms with van der Waals surface area (Å²) in [4.78, 5) is 0. The first-order valence-electron chi connectivity index (χ1n) is 6.69. The Hall–Kier alpha value is -2.14. The molecule has 0 aromatic heterocycles. The Bertz CT molecular complexity index is 663. The normalized spacial score (nSPS) is 16.6. The Balaban J connectivity index is 2.15. The molecule has 0 atom stereocenters. The lowest BCUT2D eigenvalue weighted by atomic mass is 9.88. The highest BCUT2D eigenvalue weighted by Gasteiger charge is 2.20. The molecule has 0 saturated carbocycles. The second-order valence-electron chi connectivity index (χ2n) is 5.22. The summed E-state index contributed by atoms with van der Waals surface area (Å²) in [5, 5.41) is 42.9. The topological polar surface area (TPSA) is 93.0 Å². The molecule has 0 amide bonds. The van der Waals surface area contributed by atoms with Gasteiger partial charge in [-0.1, -0.05) is 12.1 Å². The Labute approximate surface area is 116 Å². The standard InChI is InChI=1S/C15H17NO4/c17-12-10-2-1-9(8-3-5-16-6-4-8)7-11(10)13(18)15(20)14(12)19/h1-2,7-8,16-20H,3-6H2. The molecular formula is C15H17NO4. The predicted molar refractivity (Wildman–Crippen MR) is 75.5 cm³/mol. The Morgan fingerprint density at radius 2 is 1.40 bits per heavy atom. The molecule has 0 radical (unpaired) electrons. The van der Waals surface area contributed by atoms with E-state index in [0.29, 0.717) is 16.7 Å². The van der Waals surface area contributed by atoms with Gasteiger partial charge in [0.2, 0.25) is 11.5 Å². The van der Waals surface area contributed by atoms with E-state index in [-0.39, 0.29) is 0 Å². The first-order chi connectivity index (χ1) is 9.59. The van der Waals surface area contributed by atoms with Gasteiger partial charge in [-0.3, -0.25) is 0 Å². The smallest absolute Gasteiger partial charge is 0.204 e. The number of piperidine rings is 1. The molecule has 5 nitrogen and oxygen atoms in total. The number of aromatic hydroxyl groups is 4. The minimum Gasteiger partial charge on any atom is -0.504 e. The zero-order valence-electron chi connectivity index (χ0n) is 10.9. The molecule has 1 fully saturated rings. The maximum absolute atomic E-state index is 9.95. The van der Waals surface area contributed by atoms with Gasteiger partial charge in [0, 0.05) is 10.8 Å². The summed E-state index contributed by atoms with van der Waals surface area (Å²) in [6.07, 6.45) is 2.03. The molecular weight excluding hydrogens is 258 g/mol. The lowest BCUT2D eigenvalue weighted by molar-refractivity contribution is 0.350. The maximum atomic E-state index is 9.95. The van der Waals surface area contributed by atoms with Crippen LogP contribution in [0.1, 0.15) is 24.3 Å². The molecule has 2 aromatic rings. The summed E-state index contributed by atoms with van der Waals surface area (Å²) in [5.74, 6) is -1.78. The van der Waals surface area contributed by atoms with Gasteiger partial charge in [-0.2, -0.15) is 0 Å². The predicted octanol–water partition coefficient (Wildman–Crippen LogP) is 2.13. The SMILES string of the molecule is Oc1c(O)c(O)c2cc(C3CCNCC3)ccc2c1O. The zero-order chi connectivity index (χ0) is 14.3. The summed E-state index contributed by atoms with van der Waals surface area (Å²) < 4.78 is 0. The van der Waals surface area contributed by atoms with E-state index in [4.69, 9.17) is 0 Å². The lowest BCUT2D eigenvalue weighted by Gasteiger charge is -2.23. The molecule has 1 aliphatic heterocycles. The van der Waals surface area contributed by atoms with E-state index >= 15 is 0 Å². The van der Waals surface area contributed by atoms with Gasteiger partial charge in [0.15, 0.2) is 11.5 Å². The third kappa shape index (κ3) is 1.91. The number of benzene rings is 2. The van der Waals surface area contributed by atoms with Crippen LogP contribution >= 0.6 is 0 Å². The van der Waals surface area contributed by atoms with Crippen molar-refractivity contribution in [2.45, 2.75) is 18.8 Å². The van der Waals surface area contributed by atoms with E-state index in [2.05, 4.69) is 5.32 Å². The van der Waals surface area contributed by atoms with Crippen molar-refractivity contribution >= 4 is 10.8 Å². The van der Waals surface area contributed by atoms with Crippen molar-refractivity contribution in [3.8, 4) is 23.0 Å². The Morgan fingerprint density at radius 3 is 2.05 bits per heavy atom. The molecule has 1 aliphatic rings. The average molecular weight is 275 g/mol. The Morgan fingerprint density at radius 1 is 0.800 bits per heavy atom. The van der Waals surface area contributed by atoms with Crippen LogP contribution in [0.3, 0.4) is 0 Å². The van der Waals surface area contributed by atoms with Crippen LogP contribution in [-0.2, 0) is 0 Å². The lowest BCUT2D eigenvalue weighted by Crippen LogP contribution is -2.26. The highest BCUT2D eigenvalue weighted by atomic mass is 16.3. The number of phenols is 4.